The fraction of sp³-hybridized carbons (Fsp3) is 0.333. The minimum absolute atomic E-state index is 0.251. The van der Waals surface area contributed by atoms with Crippen LogP contribution in [0.5, 0.6) is 17.2 Å². The molecular formula is C18H23NO2. The van der Waals surface area contributed by atoms with Crippen molar-refractivity contribution in [2.24, 2.45) is 0 Å². The van der Waals surface area contributed by atoms with E-state index < -0.39 is 0 Å². The van der Waals surface area contributed by atoms with E-state index in [9.17, 15) is 0 Å². The first kappa shape index (κ1) is 15.4. The summed E-state index contributed by atoms with van der Waals surface area (Å²) in [5.74, 6) is 2.49. The molecule has 2 aromatic carbocycles. The number of benzene rings is 2. The van der Waals surface area contributed by atoms with Crippen molar-refractivity contribution >= 4 is 0 Å². The highest BCUT2D eigenvalue weighted by Crippen LogP contribution is 2.31. The quantitative estimate of drug-likeness (QED) is 0.809. The molecule has 1 atom stereocenters. The van der Waals surface area contributed by atoms with E-state index in [1.165, 1.54) is 0 Å². The van der Waals surface area contributed by atoms with Gasteiger partial charge in [-0.1, -0.05) is 31.2 Å². The van der Waals surface area contributed by atoms with E-state index in [1.807, 2.05) is 49.4 Å². The van der Waals surface area contributed by atoms with Gasteiger partial charge in [-0.05, 0) is 38.6 Å². The van der Waals surface area contributed by atoms with Crippen LogP contribution < -0.4 is 14.8 Å². The number of hydrogen-bond donors (Lipinski definition) is 1. The lowest BCUT2D eigenvalue weighted by molar-refractivity contribution is 0.338. The van der Waals surface area contributed by atoms with Gasteiger partial charge in [-0.25, -0.2) is 0 Å². The second-order valence-electron chi connectivity index (χ2n) is 4.83. The highest BCUT2D eigenvalue weighted by molar-refractivity contribution is 5.41. The van der Waals surface area contributed by atoms with E-state index in [0.717, 1.165) is 29.4 Å². The van der Waals surface area contributed by atoms with E-state index in [2.05, 4.69) is 25.2 Å². The van der Waals surface area contributed by atoms with Gasteiger partial charge in [0.1, 0.15) is 17.2 Å². The van der Waals surface area contributed by atoms with Gasteiger partial charge in [0, 0.05) is 17.7 Å². The summed E-state index contributed by atoms with van der Waals surface area (Å²) >= 11 is 0. The summed E-state index contributed by atoms with van der Waals surface area (Å²) < 4.78 is 11.6. The van der Waals surface area contributed by atoms with Gasteiger partial charge in [0.2, 0.25) is 0 Å². The molecule has 0 bridgehead atoms. The summed E-state index contributed by atoms with van der Waals surface area (Å²) in [6, 6.07) is 16.1. The van der Waals surface area contributed by atoms with Gasteiger partial charge < -0.3 is 14.8 Å². The maximum Gasteiger partial charge on any atom is 0.132 e. The van der Waals surface area contributed by atoms with Crippen molar-refractivity contribution in [1.82, 2.24) is 5.32 Å². The van der Waals surface area contributed by atoms with E-state index in [1.54, 1.807) is 0 Å². The van der Waals surface area contributed by atoms with Gasteiger partial charge in [-0.3, -0.25) is 0 Å². The predicted octanol–water partition coefficient (Wildman–Crippen LogP) is 4.55. The van der Waals surface area contributed by atoms with E-state index in [4.69, 9.17) is 9.47 Å². The van der Waals surface area contributed by atoms with Crippen molar-refractivity contribution in [2.45, 2.75) is 26.8 Å². The van der Waals surface area contributed by atoms with Crippen LogP contribution in [0.15, 0.2) is 48.5 Å². The van der Waals surface area contributed by atoms with Crippen LogP contribution >= 0.6 is 0 Å². The average molecular weight is 285 g/mol. The van der Waals surface area contributed by atoms with E-state index in [0.29, 0.717) is 6.61 Å². The zero-order valence-electron chi connectivity index (χ0n) is 12.9. The number of rotatable bonds is 7. The van der Waals surface area contributed by atoms with Crippen LogP contribution in [0.4, 0.5) is 0 Å². The van der Waals surface area contributed by atoms with Crippen molar-refractivity contribution in [3.05, 3.63) is 54.1 Å². The summed E-state index contributed by atoms with van der Waals surface area (Å²) in [5, 5.41) is 3.41. The Morgan fingerprint density at radius 1 is 1.00 bits per heavy atom. The van der Waals surface area contributed by atoms with Gasteiger partial charge in [-0.2, -0.15) is 0 Å². The Labute approximate surface area is 126 Å². The standard InChI is InChI=1S/C18H23NO2/c1-4-19-14(3)17-11-6-7-12-18(17)21-16-10-8-9-15(13-16)20-5-2/h6-14,19H,4-5H2,1-3H3. The molecule has 3 heteroatoms. The third-order valence-electron chi connectivity index (χ3n) is 3.24. The Balaban J connectivity index is 2.21. The first-order valence-electron chi connectivity index (χ1n) is 7.47. The minimum Gasteiger partial charge on any atom is -0.494 e. The Morgan fingerprint density at radius 2 is 1.76 bits per heavy atom. The number of hydrogen-bond acceptors (Lipinski definition) is 3. The lowest BCUT2D eigenvalue weighted by Crippen LogP contribution is -2.18. The third-order valence-corrected chi connectivity index (χ3v) is 3.24. The molecule has 0 heterocycles. The second kappa shape index (κ2) is 7.70. The van der Waals surface area contributed by atoms with Crippen LogP contribution in [-0.2, 0) is 0 Å². The van der Waals surface area contributed by atoms with Gasteiger partial charge in [-0.15, -0.1) is 0 Å². The largest absolute Gasteiger partial charge is 0.494 e. The minimum atomic E-state index is 0.251. The monoisotopic (exact) mass is 285 g/mol. The number of para-hydroxylation sites is 1. The Kier molecular flexibility index (Phi) is 5.64. The maximum absolute atomic E-state index is 6.04. The van der Waals surface area contributed by atoms with Crippen LogP contribution in [0.3, 0.4) is 0 Å². The third kappa shape index (κ3) is 4.23. The number of nitrogens with one attached hydrogen (secondary N) is 1. The van der Waals surface area contributed by atoms with Crippen molar-refractivity contribution in [3.8, 4) is 17.2 Å². The first-order chi connectivity index (χ1) is 10.2. The van der Waals surface area contributed by atoms with Crippen LogP contribution in [0.1, 0.15) is 32.4 Å². The van der Waals surface area contributed by atoms with Crippen LogP contribution in [-0.4, -0.2) is 13.2 Å². The molecule has 0 aromatic heterocycles. The van der Waals surface area contributed by atoms with Gasteiger partial charge in [0.25, 0.3) is 0 Å². The first-order valence-corrected chi connectivity index (χ1v) is 7.47. The van der Waals surface area contributed by atoms with Crippen LogP contribution in [0.2, 0.25) is 0 Å². The molecule has 2 aromatic rings. The van der Waals surface area contributed by atoms with Crippen LogP contribution in [0.25, 0.3) is 0 Å². The molecule has 1 unspecified atom stereocenters. The molecule has 0 aliphatic carbocycles. The normalized spacial score (nSPS) is 12.0. The Morgan fingerprint density at radius 3 is 2.52 bits per heavy atom. The molecule has 0 fully saturated rings. The molecule has 0 aliphatic heterocycles. The van der Waals surface area contributed by atoms with Crippen molar-refractivity contribution in [2.75, 3.05) is 13.2 Å². The Hall–Kier alpha value is -2.00. The lowest BCUT2D eigenvalue weighted by Gasteiger charge is -2.17. The number of ether oxygens (including phenoxy) is 2. The molecule has 0 radical (unpaired) electrons. The molecule has 21 heavy (non-hydrogen) atoms. The fourth-order valence-electron chi connectivity index (χ4n) is 2.27. The molecule has 0 saturated heterocycles. The zero-order valence-corrected chi connectivity index (χ0v) is 12.9. The summed E-state index contributed by atoms with van der Waals surface area (Å²) in [6.07, 6.45) is 0. The summed E-state index contributed by atoms with van der Waals surface area (Å²) in [4.78, 5) is 0. The Bertz CT molecular complexity index is 569. The molecule has 2 rings (SSSR count). The van der Waals surface area contributed by atoms with Gasteiger partial charge in [0.05, 0.1) is 6.61 Å². The summed E-state index contributed by atoms with van der Waals surface area (Å²) in [5.41, 5.74) is 1.15. The molecule has 3 nitrogen and oxygen atoms in total. The van der Waals surface area contributed by atoms with Crippen LogP contribution in [0, 0.1) is 0 Å². The topological polar surface area (TPSA) is 30.5 Å². The van der Waals surface area contributed by atoms with E-state index in [-0.39, 0.29) is 6.04 Å². The molecular weight excluding hydrogens is 262 g/mol. The van der Waals surface area contributed by atoms with E-state index >= 15 is 0 Å². The summed E-state index contributed by atoms with van der Waals surface area (Å²) in [6.45, 7) is 7.79. The van der Waals surface area contributed by atoms with Gasteiger partial charge in [0.15, 0.2) is 0 Å². The maximum atomic E-state index is 6.04. The SMILES string of the molecule is CCNC(C)c1ccccc1Oc1cccc(OCC)c1. The highest BCUT2D eigenvalue weighted by Gasteiger charge is 2.11. The lowest BCUT2D eigenvalue weighted by atomic mass is 10.1. The molecule has 0 saturated carbocycles. The smallest absolute Gasteiger partial charge is 0.132 e. The van der Waals surface area contributed by atoms with Crippen molar-refractivity contribution in [1.29, 1.82) is 0 Å². The molecule has 0 spiro atoms. The summed E-state index contributed by atoms with van der Waals surface area (Å²) in [7, 11) is 0. The average Bonchev–Trinajstić information content (AvgIpc) is 2.49. The zero-order chi connectivity index (χ0) is 15.1. The van der Waals surface area contributed by atoms with Gasteiger partial charge >= 0.3 is 0 Å². The fourth-order valence-corrected chi connectivity index (χ4v) is 2.27. The van der Waals surface area contributed by atoms with Crippen molar-refractivity contribution < 1.29 is 9.47 Å². The molecule has 1 N–H and O–H groups in total. The highest BCUT2D eigenvalue weighted by atomic mass is 16.5. The van der Waals surface area contributed by atoms with Crippen molar-refractivity contribution in [3.63, 3.8) is 0 Å². The predicted molar refractivity (Wildman–Crippen MR) is 86.2 cm³/mol. The molecule has 0 amide bonds. The molecule has 0 aliphatic rings. The second-order valence-corrected chi connectivity index (χ2v) is 4.83. The molecule has 112 valence electrons.